The fraction of sp³-hybridized carbons (Fsp3) is 0.409. The molecule has 0 radical (unpaired) electrons. The van der Waals surface area contributed by atoms with Crippen molar-refractivity contribution >= 4 is 27.5 Å². The normalized spacial score (nSPS) is 12.1. The predicted octanol–water partition coefficient (Wildman–Crippen LogP) is 4.74. The molecule has 0 aliphatic carbocycles. The summed E-state index contributed by atoms with van der Waals surface area (Å²) in [5.74, 6) is 0.365. The van der Waals surface area contributed by atoms with Gasteiger partial charge in [-0.25, -0.2) is 9.78 Å². The molecule has 6 nitrogen and oxygen atoms in total. The predicted molar refractivity (Wildman–Crippen MR) is 116 cm³/mol. The average molecular weight is 415 g/mol. The van der Waals surface area contributed by atoms with Crippen LogP contribution in [0.3, 0.4) is 0 Å². The van der Waals surface area contributed by atoms with E-state index >= 15 is 0 Å². The van der Waals surface area contributed by atoms with E-state index in [0.29, 0.717) is 23.4 Å². The number of fused-ring (bicyclic) bond motifs is 1. The molecule has 0 spiro atoms. The highest BCUT2D eigenvalue weighted by molar-refractivity contribution is 7.19. The second-order valence-electron chi connectivity index (χ2n) is 6.82. The van der Waals surface area contributed by atoms with Crippen LogP contribution in [0.4, 0.5) is 0 Å². The number of ether oxygens (including phenoxy) is 2. The quantitative estimate of drug-likeness (QED) is 0.393. The summed E-state index contributed by atoms with van der Waals surface area (Å²) in [7, 11) is 0. The number of rotatable bonds is 8. The molecule has 1 atom stereocenters. The van der Waals surface area contributed by atoms with Gasteiger partial charge in [-0.1, -0.05) is 25.5 Å². The number of benzene rings is 1. The van der Waals surface area contributed by atoms with Crippen LogP contribution >= 0.6 is 11.3 Å². The molecule has 0 bridgehead atoms. The van der Waals surface area contributed by atoms with Gasteiger partial charge in [-0.15, -0.1) is 11.3 Å². The largest absolute Gasteiger partial charge is 0.494 e. The molecule has 0 saturated carbocycles. The Morgan fingerprint density at radius 1 is 1.24 bits per heavy atom. The summed E-state index contributed by atoms with van der Waals surface area (Å²) in [5.41, 5.74) is 1.54. The molecule has 0 fully saturated rings. The van der Waals surface area contributed by atoms with Crippen molar-refractivity contribution in [2.24, 2.45) is 0 Å². The number of esters is 1. The van der Waals surface area contributed by atoms with Crippen LogP contribution in [-0.2, 0) is 9.53 Å². The Morgan fingerprint density at radius 3 is 2.62 bits per heavy atom. The Morgan fingerprint density at radius 2 is 1.97 bits per heavy atom. The number of aryl methyl sites for hydroxylation is 1. The van der Waals surface area contributed by atoms with Crippen molar-refractivity contribution in [3.63, 3.8) is 0 Å². The Balaban J connectivity index is 2.02. The van der Waals surface area contributed by atoms with E-state index in [0.717, 1.165) is 34.6 Å². The van der Waals surface area contributed by atoms with Gasteiger partial charge >= 0.3 is 5.97 Å². The van der Waals surface area contributed by atoms with E-state index in [-0.39, 0.29) is 5.56 Å². The molecule has 1 aromatic carbocycles. The van der Waals surface area contributed by atoms with Crippen LogP contribution in [0.5, 0.6) is 5.75 Å². The summed E-state index contributed by atoms with van der Waals surface area (Å²) in [6.45, 7) is 8.57. The molecular weight excluding hydrogens is 388 g/mol. The monoisotopic (exact) mass is 414 g/mol. The van der Waals surface area contributed by atoms with Crippen molar-refractivity contribution in [1.29, 1.82) is 0 Å². The van der Waals surface area contributed by atoms with Crippen LogP contribution in [0.1, 0.15) is 44.5 Å². The van der Waals surface area contributed by atoms with Crippen LogP contribution in [0.2, 0.25) is 0 Å². The number of aromatic nitrogens is 2. The lowest BCUT2D eigenvalue weighted by Gasteiger charge is -2.14. The summed E-state index contributed by atoms with van der Waals surface area (Å²) in [6, 6.07) is 6.94. The maximum atomic E-state index is 13.3. The highest BCUT2D eigenvalue weighted by atomic mass is 32.1. The number of carbonyl (C=O) groups is 1. The highest BCUT2D eigenvalue weighted by Crippen LogP contribution is 2.36. The molecule has 0 amide bonds. The molecule has 0 N–H and O–H groups in total. The molecule has 2 aromatic heterocycles. The number of hydrogen-bond acceptors (Lipinski definition) is 6. The van der Waals surface area contributed by atoms with Gasteiger partial charge in [-0.2, -0.15) is 0 Å². The van der Waals surface area contributed by atoms with Crippen molar-refractivity contribution in [3.8, 4) is 16.9 Å². The molecule has 3 aromatic rings. The maximum Gasteiger partial charge on any atom is 0.328 e. The Labute approximate surface area is 174 Å². The third-order valence-electron chi connectivity index (χ3n) is 4.77. The zero-order valence-electron chi connectivity index (χ0n) is 17.2. The summed E-state index contributed by atoms with van der Waals surface area (Å²) in [5, 5.41) is 0.535. The number of thiophene rings is 1. The minimum Gasteiger partial charge on any atom is -0.494 e. The van der Waals surface area contributed by atoms with Crippen LogP contribution in [0.15, 0.2) is 35.4 Å². The molecule has 0 unspecified atom stereocenters. The summed E-state index contributed by atoms with van der Waals surface area (Å²) >= 11 is 1.48. The summed E-state index contributed by atoms with van der Waals surface area (Å²) < 4.78 is 12.2. The minimum atomic E-state index is -0.732. The van der Waals surface area contributed by atoms with Crippen LogP contribution in [0, 0.1) is 6.92 Å². The SMILES string of the molecule is CCCCOC(=O)[C@@H](C)n1cnc2sc(C)c(-c3ccc(OCC)cc3)c2c1=O. The Bertz CT molecular complexity index is 1050. The first-order valence-electron chi connectivity index (χ1n) is 9.88. The van der Waals surface area contributed by atoms with Gasteiger partial charge in [0.25, 0.3) is 5.56 Å². The lowest BCUT2D eigenvalue weighted by Crippen LogP contribution is -2.29. The lowest BCUT2D eigenvalue weighted by molar-refractivity contribution is -0.147. The average Bonchev–Trinajstić information content (AvgIpc) is 3.05. The maximum absolute atomic E-state index is 13.3. The zero-order chi connectivity index (χ0) is 21.0. The zero-order valence-corrected chi connectivity index (χ0v) is 18.0. The second-order valence-corrected chi connectivity index (χ2v) is 8.03. The molecule has 0 saturated heterocycles. The number of hydrogen-bond donors (Lipinski definition) is 0. The Kier molecular flexibility index (Phi) is 6.69. The molecule has 0 aliphatic heterocycles. The van der Waals surface area contributed by atoms with E-state index in [2.05, 4.69) is 4.98 Å². The lowest BCUT2D eigenvalue weighted by atomic mass is 10.0. The van der Waals surface area contributed by atoms with E-state index < -0.39 is 12.0 Å². The first-order chi connectivity index (χ1) is 14.0. The van der Waals surface area contributed by atoms with Crippen molar-refractivity contribution in [1.82, 2.24) is 9.55 Å². The van der Waals surface area contributed by atoms with Gasteiger partial charge in [0.05, 0.1) is 24.9 Å². The number of nitrogens with zero attached hydrogens (tertiary/aromatic N) is 2. The van der Waals surface area contributed by atoms with Crippen molar-refractivity contribution in [2.45, 2.75) is 46.6 Å². The molecule has 29 heavy (non-hydrogen) atoms. The van der Waals surface area contributed by atoms with Gasteiger partial charge in [0.15, 0.2) is 0 Å². The standard InChI is InChI=1S/C22H26N2O4S/c1-5-7-12-28-22(26)14(3)24-13-23-20-19(21(24)25)18(15(4)29-20)16-8-10-17(11-9-16)27-6-2/h8-11,13-14H,5-7,12H2,1-4H3/t14-/m1/s1. The Hall–Kier alpha value is -2.67. The van der Waals surface area contributed by atoms with E-state index in [9.17, 15) is 9.59 Å². The van der Waals surface area contributed by atoms with Gasteiger partial charge in [0.2, 0.25) is 0 Å². The molecular formula is C22H26N2O4S. The molecule has 7 heteroatoms. The third kappa shape index (κ3) is 4.34. The van der Waals surface area contributed by atoms with Crippen molar-refractivity contribution in [2.75, 3.05) is 13.2 Å². The second kappa shape index (κ2) is 9.22. The molecule has 2 heterocycles. The van der Waals surface area contributed by atoms with Gasteiger partial charge in [-0.3, -0.25) is 9.36 Å². The van der Waals surface area contributed by atoms with E-state index in [1.807, 2.05) is 45.0 Å². The summed E-state index contributed by atoms with van der Waals surface area (Å²) in [6.07, 6.45) is 3.18. The van der Waals surface area contributed by atoms with Gasteiger partial charge in [-0.05, 0) is 44.9 Å². The fourth-order valence-electron chi connectivity index (χ4n) is 3.17. The van der Waals surface area contributed by atoms with Crippen LogP contribution < -0.4 is 10.3 Å². The first-order valence-corrected chi connectivity index (χ1v) is 10.7. The molecule has 154 valence electrons. The first kappa shape index (κ1) is 21.0. The topological polar surface area (TPSA) is 70.4 Å². The molecule has 0 aliphatic rings. The number of carbonyl (C=O) groups excluding carboxylic acids is 1. The van der Waals surface area contributed by atoms with Crippen molar-refractivity contribution in [3.05, 3.63) is 45.8 Å². The fourth-order valence-corrected chi connectivity index (χ4v) is 4.18. The minimum absolute atomic E-state index is 0.233. The molecule has 3 rings (SSSR count). The van der Waals surface area contributed by atoms with E-state index in [4.69, 9.17) is 9.47 Å². The van der Waals surface area contributed by atoms with Crippen LogP contribution in [0.25, 0.3) is 21.3 Å². The smallest absolute Gasteiger partial charge is 0.328 e. The summed E-state index contributed by atoms with van der Waals surface area (Å²) in [4.78, 5) is 31.7. The van der Waals surface area contributed by atoms with Gasteiger partial charge in [0, 0.05) is 10.4 Å². The third-order valence-corrected chi connectivity index (χ3v) is 5.78. The van der Waals surface area contributed by atoms with Gasteiger partial charge < -0.3 is 9.47 Å². The van der Waals surface area contributed by atoms with Crippen molar-refractivity contribution < 1.29 is 14.3 Å². The van der Waals surface area contributed by atoms with Crippen LogP contribution in [-0.4, -0.2) is 28.7 Å². The van der Waals surface area contributed by atoms with E-state index in [1.54, 1.807) is 6.92 Å². The highest BCUT2D eigenvalue weighted by Gasteiger charge is 2.22. The number of unbranched alkanes of at least 4 members (excludes halogenated alkanes) is 1. The van der Waals surface area contributed by atoms with E-state index in [1.165, 1.54) is 22.2 Å². The van der Waals surface area contributed by atoms with Gasteiger partial charge in [0.1, 0.15) is 16.6 Å².